The molecule has 0 atom stereocenters. The zero-order chi connectivity index (χ0) is 18.5. The molecule has 3 N–H and O–H groups in total. The number of nitrogens with one attached hydrogen (secondary N) is 2. The first-order chi connectivity index (χ1) is 12.6. The second-order valence-electron chi connectivity index (χ2n) is 6.45. The van der Waals surface area contributed by atoms with E-state index in [0.29, 0.717) is 54.2 Å². The molecule has 2 heterocycles. The highest BCUT2D eigenvalue weighted by molar-refractivity contribution is 5.76. The van der Waals surface area contributed by atoms with Crippen LogP contribution in [0.1, 0.15) is 20.3 Å². The maximum Gasteiger partial charge on any atom is 0.224 e. The molecule has 0 amide bonds. The third-order valence-electron chi connectivity index (χ3n) is 3.77. The van der Waals surface area contributed by atoms with E-state index in [1.165, 1.54) is 6.07 Å². The molecule has 3 aromatic rings. The predicted octanol–water partition coefficient (Wildman–Crippen LogP) is 3.16. The highest BCUT2D eigenvalue weighted by Gasteiger charge is 2.16. The molecular weight excluding hydrogens is 335 g/mol. The summed E-state index contributed by atoms with van der Waals surface area (Å²) >= 11 is 0. The van der Waals surface area contributed by atoms with E-state index in [-0.39, 0.29) is 12.4 Å². The Morgan fingerprint density at radius 3 is 2.77 bits per heavy atom. The van der Waals surface area contributed by atoms with Crippen molar-refractivity contribution in [3.05, 3.63) is 36.3 Å². The number of para-hydroxylation sites is 1. The zero-order valence-corrected chi connectivity index (χ0v) is 14.9. The molecule has 0 radical (unpaired) electrons. The lowest BCUT2D eigenvalue weighted by molar-refractivity contribution is 0.292. The highest BCUT2D eigenvalue weighted by atomic mass is 19.1. The first-order valence-corrected chi connectivity index (χ1v) is 8.68. The summed E-state index contributed by atoms with van der Waals surface area (Å²) in [5, 5.41) is 15.0. The zero-order valence-electron chi connectivity index (χ0n) is 14.9. The van der Waals surface area contributed by atoms with Gasteiger partial charge < -0.3 is 15.7 Å². The fourth-order valence-corrected chi connectivity index (χ4v) is 2.60. The molecule has 0 aliphatic rings. The molecule has 3 rings (SSSR count). The van der Waals surface area contributed by atoms with Crippen LogP contribution in [0.3, 0.4) is 0 Å². The number of rotatable bonds is 8. The minimum Gasteiger partial charge on any atom is -0.396 e. The molecule has 0 spiro atoms. The van der Waals surface area contributed by atoms with Gasteiger partial charge in [-0.15, -0.1) is 0 Å². The lowest BCUT2D eigenvalue weighted by Gasteiger charge is -2.13. The standard InChI is InChI=1S/C18H23FN6O/c1-12(2)11-25-16-15(10-21-17(24-16)20-8-5-9-26)23-18(25)22-14-7-4-3-6-13(14)19/h3-4,6-7,10,12,26H,5,8-9,11H2,1-2H3,(H,22,23)(H,20,21,24). The minimum absolute atomic E-state index is 0.108. The molecule has 2 aromatic heterocycles. The van der Waals surface area contributed by atoms with Gasteiger partial charge in [0.2, 0.25) is 11.9 Å². The highest BCUT2D eigenvalue weighted by Crippen LogP contribution is 2.24. The first kappa shape index (κ1) is 18.1. The van der Waals surface area contributed by atoms with Gasteiger partial charge in [-0.05, 0) is 24.5 Å². The number of imidazole rings is 1. The van der Waals surface area contributed by atoms with E-state index in [4.69, 9.17) is 5.11 Å². The summed E-state index contributed by atoms with van der Waals surface area (Å²) in [5.41, 5.74) is 1.68. The summed E-state index contributed by atoms with van der Waals surface area (Å²) in [6.45, 7) is 5.57. The van der Waals surface area contributed by atoms with Crippen molar-refractivity contribution in [3.8, 4) is 0 Å². The van der Waals surface area contributed by atoms with Crippen molar-refractivity contribution in [1.82, 2.24) is 19.5 Å². The van der Waals surface area contributed by atoms with E-state index in [1.54, 1.807) is 24.4 Å². The van der Waals surface area contributed by atoms with Crippen LogP contribution in [0.2, 0.25) is 0 Å². The van der Waals surface area contributed by atoms with Gasteiger partial charge in [-0.2, -0.15) is 4.98 Å². The normalized spacial score (nSPS) is 11.3. The number of halogens is 1. The van der Waals surface area contributed by atoms with Crippen LogP contribution in [0, 0.1) is 11.7 Å². The number of hydrogen-bond acceptors (Lipinski definition) is 6. The van der Waals surface area contributed by atoms with Crippen LogP contribution in [0.15, 0.2) is 30.5 Å². The van der Waals surface area contributed by atoms with Gasteiger partial charge in [0, 0.05) is 19.7 Å². The fraction of sp³-hybridized carbons (Fsp3) is 0.389. The van der Waals surface area contributed by atoms with Crippen LogP contribution in [0.4, 0.5) is 22.0 Å². The molecule has 8 heteroatoms. The van der Waals surface area contributed by atoms with Crippen LogP contribution in [-0.4, -0.2) is 37.8 Å². The Labute approximate surface area is 151 Å². The Morgan fingerprint density at radius 1 is 1.23 bits per heavy atom. The van der Waals surface area contributed by atoms with Crippen molar-refractivity contribution in [2.24, 2.45) is 5.92 Å². The lowest BCUT2D eigenvalue weighted by Crippen LogP contribution is -2.11. The summed E-state index contributed by atoms with van der Waals surface area (Å²) in [7, 11) is 0. The van der Waals surface area contributed by atoms with Gasteiger partial charge in [0.15, 0.2) is 5.65 Å². The summed E-state index contributed by atoms with van der Waals surface area (Å²) in [6.07, 6.45) is 2.26. The Morgan fingerprint density at radius 2 is 2.04 bits per heavy atom. The van der Waals surface area contributed by atoms with Crippen molar-refractivity contribution in [3.63, 3.8) is 0 Å². The van der Waals surface area contributed by atoms with Crippen molar-refractivity contribution >= 4 is 28.7 Å². The maximum atomic E-state index is 14.0. The van der Waals surface area contributed by atoms with Crippen LogP contribution in [-0.2, 0) is 6.54 Å². The van der Waals surface area contributed by atoms with Gasteiger partial charge in [0.1, 0.15) is 11.3 Å². The van der Waals surface area contributed by atoms with Crippen LogP contribution >= 0.6 is 0 Å². The Balaban J connectivity index is 1.97. The Bertz CT molecular complexity index is 879. The van der Waals surface area contributed by atoms with Crippen molar-refractivity contribution < 1.29 is 9.50 Å². The van der Waals surface area contributed by atoms with Gasteiger partial charge in [-0.3, -0.25) is 4.57 Å². The molecule has 0 aliphatic heterocycles. The van der Waals surface area contributed by atoms with Gasteiger partial charge in [-0.25, -0.2) is 14.4 Å². The number of fused-ring (bicyclic) bond motifs is 1. The number of aromatic nitrogens is 4. The quantitative estimate of drug-likeness (QED) is 0.536. The minimum atomic E-state index is -0.340. The van der Waals surface area contributed by atoms with Crippen molar-refractivity contribution in [2.75, 3.05) is 23.8 Å². The SMILES string of the molecule is CC(C)Cn1c(Nc2ccccc2F)nc2cnc(NCCCO)nc21. The van der Waals surface area contributed by atoms with Gasteiger partial charge >= 0.3 is 0 Å². The molecule has 26 heavy (non-hydrogen) atoms. The van der Waals surface area contributed by atoms with Crippen LogP contribution in [0.25, 0.3) is 11.2 Å². The fourth-order valence-electron chi connectivity index (χ4n) is 2.60. The second-order valence-corrected chi connectivity index (χ2v) is 6.45. The van der Waals surface area contributed by atoms with Crippen molar-refractivity contribution in [2.45, 2.75) is 26.8 Å². The molecule has 0 bridgehead atoms. The van der Waals surface area contributed by atoms with E-state index >= 15 is 0 Å². The monoisotopic (exact) mass is 358 g/mol. The third kappa shape index (κ3) is 4.08. The Hall–Kier alpha value is -2.74. The molecule has 0 saturated carbocycles. The molecule has 7 nitrogen and oxygen atoms in total. The van der Waals surface area contributed by atoms with E-state index in [2.05, 4.69) is 39.4 Å². The molecule has 0 fully saturated rings. The third-order valence-corrected chi connectivity index (χ3v) is 3.77. The molecule has 138 valence electrons. The number of hydrogen-bond donors (Lipinski definition) is 3. The van der Waals surface area contributed by atoms with E-state index in [9.17, 15) is 4.39 Å². The maximum absolute atomic E-state index is 14.0. The topological polar surface area (TPSA) is 87.9 Å². The Kier molecular flexibility index (Phi) is 5.62. The van der Waals surface area contributed by atoms with Gasteiger partial charge in [-0.1, -0.05) is 26.0 Å². The average molecular weight is 358 g/mol. The lowest BCUT2D eigenvalue weighted by atomic mass is 10.2. The largest absolute Gasteiger partial charge is 0.396 e. The number of aliphatic hydroxyl groups is 1. The van der Waals surface area contributed by atoms with Crippen LogP contribution in [0.5, 0.6) is 0 Å². The number of nitrogens with zero attached hydrogens (tertiary/aromatic N) is 4. The van der Waals surface area contributed by atoms with Crippen LogP contribution < -0.4 is 10.6 Å². The van der Waals surface area contributed by atoms with Gasteiger partial charge in [0.25, 0.3) is 0 Å². The summed E-state index contributed by atoms with van der Waals surface area (Å²) < 4.78 is 15.9. The summed E-state index contributed by atoms with van der Waals surface area (Å²) in [5.74, 6) is 1.02. The van der Waals surface area contributed by atoms with Gasteiger partial charge in [0.05, 0.1) is 11.9 Å². The van der Waals surface area contributed by atoms with E-state index in [0.717, 1.165) is 0 Å². The second kappa shape index (κ2) is 8.09. The molecule has 0 aliphatic carbocycles. The number of benzene rings is 1. The number of anilines is 3. The van der Waals surface area contributed by atoms with E-state index < -0.39 is 0 Å². The predicted molar refractivity (Wildman–Crippen MR) is 100 cm³/mol. The average Bonchev–Trinajstić information content (AvgIpc) is 2.94. The number of aliphatic hydroxyl groups excluding tert-OH is 1. The molecule has 0 saturated heterocycles. The molecular formula is C18H23FN6O. The molecule has 0 unspecified atom stereocenters. The smallest absolute Gasteiger partial charge is 0.224 e. The summed E-state index contributed by atoms with van der Waals surface area (Å²) in [4.78, 5) is 13.3. The first-order valence-electron chi connectivity index (χ1n) is 8.68. The molecule has 1 aromatic carbocycles. The van der Waals surface area contributed by atoms with Crippen molar-refractivity contribution in [1.29, 1.82) is 0 Å². The summed E-state index contributed by atoms with van der Waals surface area (Å²) in [6, 6.07) is 6.49. The van der Waals surface area contributed by atoms with E-state index in [1.807, 2.05) is 4.57 Å².